The summed E-state index contributed by atoms with van der Waals surface area (Å²) in [7, 11) is 1.49. The molecule has 2 aliphatic rings. The number of thiophene rings is 1. The molecule has 5 rings (SSSR count). The summed E-state index contributed by atoms with van der Waals surface area (Å²) in [5.41, 5.74) is 0.426. The van der Waals surface area contributed by atoms with Crippen molar-refractivity contribution in [2.45, 2.75) is 50.8 Å². The molecule has 1 saturated heterocycles. The SMILES string of the molecule is CC(C)C[C@@H](C(=O)N1C[C@]2(CC1C#N)C(=O)Nc1ccccc12)N(C)C(=O)OCc1sc2cc(F)ccc2c1Cl. The maximum absolute atomic E-state index is 14.0. The first-order valence-electron chi connectivity index (χ1n) is 12.9. The number of likely N-dealkylation sites (N-methyl/N-ethyl adjacent to an activating group) is 1. The van der Waals surface area contributed by atoms with Crippen LogP contribution in [0.1, 0.15) is 37.1 Å². The van der Waals surface area contributed by atoms with Gasteiger partial charge in [-0.1, -0.05) is 43.6 Å². The lowest BCUT2D eigenvalue weighted by Crippen LogP contribution is -2.52. The quantitative estimate of drug-likeness (QED) is 0.402. The molecule has 1 spiro atoms. The van der Waals surface area contributed by atoms with Crippen molar-refractivity contribution >= 4 is 56.6 Å². The molecular weight excluding hydrogens is 555 g/mol. The fourth-order valence-corrected chi connectivity index (χ4v) is 7.01. The number of nitriles is 1. The van der Waals surface area contributed by atoms with Crippen LogP contribution in [0.3, 0.4) is 0 Å². The predicted molar refractivity (Wildman–Crippen MR) is 150 cm³/mol. The number of hydrogen-bond acceptors (Lipinski definition) is 6. The second kappa shape index (κ2) is 10.7. The van der Waals surface area contributed by atoms with Gasteiger partial charge in [0.25, 0.3) is 0 Å². The highest BCUT2D eigenvalue weighted by Crippen LogP contribution is 2.46. The number of carbonyl (C=O) groups is 3. The summed E-state index contributed by atoms with van der Waals surface area (Å²) in [6.45, 7) is 3.77. The number of ether oxygens (including phenoxy) is 1. The molecule has 40 heavy (non-hydrogen) atoms. The van der Waals surface area contributed by atoms with Crippen LogP contribution in [0.4, 0.5) is 14.9 Å². The zero-order chi connectivity index (χ0) is 28.8. The second-order valence-electron chi connectivity index (χ2n) is 10.7. The molecule has 208 valence electrons. The molecule has 0 radical (unpaired) electrons. The molecule has 1 fully saturated rings. The standard InChI is InChI=1S/C29H28ClFN4O4S/c1-16(2)10-22(34(3)28(38)39-14-24-25(30)19-9-8-17(31)11-23(19)40-24)26(36)35-15-29(12-18(35)13-32)20-6-4-5-7-21(20)33-27(29)37/h4-9,11,16,18,22H,10,12,14-15H2,1-3H3,(H,33,37)/t18?,22-,29-/m0/s1. The number of carbonyl (C=O) groups excluding carboxylic acids is 3. The van der Waals surface area contributed by atoms with Gasteiger partial charge in [0.05, 0.1) is 21.4 Å². The lowest BCUT2D eigenvalue weighted by atomic mass is 9.80. The minimum atomic E-state index is -1.02. The molecule has 3 heterocycles. The molecule has 11 heteroatoms. The molecular formula is C29H28ClFN4O4S. The molecule has 2 aromatic carbocycles. The normalized spacial score (nSPS) is 20.5. The molecule has 2 aliphatic heterocycles. The summed E-state index contributed by atoms with van der Waals surface area (Å²) < 4.78 is 19.8. The molecule has 0 bridgehead atoms. The highest BCUT2D eigenvalue weighted by molar-refractivity contribution is 7.19. The lowest BCUT2D eigenvalue weighted by molar-refractivity contribution is -0.137. The maximum Gasteiger partial charge on any atom is 0.410 e. The first kappa shape index (κ1) is 27.9. The van der Waals surface area contributed by atoms with Crippen LogP contribution in [-0.4, -0.2) is 53.4 Å². The van der Waals surface area contributed by atoms with Gasteiger partial charge >= 0.3 is 6.09 Å². The number of fused-ring (bicyclic) bond motifs is 3. The van der Waals surface area contributed by atoms with Crippen LogP contribution in [0.15, 0.2) is 42.5 Å². The van der Waals surface area contributed by atoms with Gasteiger partial charge in [0.2, 0.25) is 11.8 Å². The van der Waals surface area contributed by atoms with Gasteiger partial charge in [0.15, 0.2) is 0 Å². The summed E-state index contributed by atoms with van der Waals surface area (Å²) in [6, 6.07) is 12.0. The molecule has 0 saturated carbocycles. The molecule has 3 amide bonds. The van der Waals surface area contributed by atoms with Crippen LogP contribution in [0, 0.1) is 23.1 Å². The van der Waals surface area contributed by atoms with E-state index in [-0.39, 0.29) is 37.2 Å². The van der Waals surface area contributed by atoms with Gasteiger partial charge in [-0.05, 0) is 42.2 Å². The van der Waals surface area contributed by atoms with Crippen molar-refractivity contribution in [1.82, 2.24) is 9.80 Å². The van der Waals surface area contributed by atoms with Crippen molar-refractivity contribution in [3.8, 4) is 6.07 Å². The number of anilines is 1. The van der Waals surface area contributed by atoms with E-state index in [2.05, 4.69) is 11.4 Å². The molecule has 3 aromatic rings. The highest BCUT2D eigenvalue weighted by atomic mass is 35.5. The lowest BCUT2D eigenvalue weighted by Gasteiger charge is -2.32. The predicted octanol–water partition coefficient (Wildman–Crippen LogP) is 5.69. The average Bonchev–Trinajstić information content (AvgIpc) is 3.56. The third-order valence-electron chi connectivity index (χ3n) is 7.64. The van der Waals surface area contributed by atoms with Gasteiger partial charge in [0.1, 0.15) is 24.5 Å². The maximum atomic E-state index is 14.0. The van der Waals surface area contributed by atoms with Gasteiger partial charge in [-0.2, -0.15) is 5.26 Å². The van der Waals surface area contributed by atoms with E-state index in [1.807, 2.05) is 32.0 Å². The van der Waals surface area contributed by atoms with E-state index < -0.39 is 29.5 Å². The van der Waals surface area contributed by atoms with Gasteiger partial charge in [-0.25, -0.2) is 9.18 Å². The fourth-order valence-electron chi connectivity index (χ4n) is 5.59. The molecule has 1 unspecified atom stereocenters. The summed E-state index contributed by atoms with van der Waals surface area (Å²) in [5, 5.41) is 13.9. The van der Waals surface area contributed by atoms with Crippen LogP contribution >= 0.6 is 22.9 Å². The van der Waals surface area contributed by atoms with E-state index in [1.54, 1.807) is 12.1 Å². The number of halogens is 2. The zero-order valence-electron chi connectivity index (χ0n) is 22.2. The Morgan fingerprint density at radius 1 is 1.32 bits per heavy atom. The number of likely N-dealkylation sites (tertiary alicyclic amines) is 1. The average molecular weight is 583 g/mol. The number of amides is 3. The van der Waals surface area contributed by atoms with Crippen molar-refractivity contribution in [2.75, 3.05) is 18.9 Å². The number of benzene rings is 2. The van der Waals surface area contributed by atoms with Crippen LogP contribution in [0.5, 0.6) is 0 Å². The smallest absolute Gasteiger partial charge is 0.410 e. The number of nitrogens with one attached hydrogen (secondary N) is 1. The highest BCUT2D eigenvalue weighted by Gasteiger charge is 2.56. The number of rotatable bonds is 6. The van der Waals surface area contributed by atoms with Crippen molar-refractivity contribution < 1.29 is 23.5 Å². The monoisotopic (exact) mass is 582 g/mol. The Morgan fingerprint density at radius 2 is 2.08 bits per heavy atom. The zero-order valence-corrected chi connectivity index (χ0v) is 23.8. The first-order valence-corrected chi connectivity index (χ1v) is 14.1. The molecule has 8 nitrogen and oxygen atoms in total. The largest absolute Gasteiger partial charge is 0.444 e. The van der Waals surface area contributed by atoms with E-state index in [9.17, 15) is 24.0 Å². The Bertz CT molecular complexity index is 1550. The van der Waals surface area contributed by atoms with Crippen molar-refractivity contribution in [3.63, 3.8) is 0 Å². The summed E-state index contributed by atoms with van der Waals surface area (Å²) in [4.78, 5) is 43.5. The van der Waals surface area contributed by atoms with Crippen molar-refractivity contribution in [3.05, 3.63) is 63.7 Å². The second-order valence-corrected chi connectivity index (χ2v) is 12.2. The van der Waals surface area contributed by atoms with Crippen LogP contribution < -0.4 is 5.32 Å². The number of hydrogen-bond donors (Lipinski definition) is 1. The topological polar surface area (TPSA) is 103 Å². The van der Waals surface area contributed by atoms with E-state index in [0.717, 1.165) is 5.56 Å². The molecule has 3 atom stereocenters. The van der Waals surface area contributed by atoms with Crippen molar-refractivity contribution in [2.24, 2.45) is 5.92 Å². The van der Waals surface area contributed by atoms with Gasteiger partial charge < -0.3 is 15.0 Å². The minimum Gasteiger partial charge on any atom is -0.444 e. The Labute approximate surface area is 240 Å². The van der Waals surface area contributed by atoms with Gasteiger partial charge in [0, 0.05) is 35.8 Å². The van der Waals surface area contributed by atoms with Crippen LogP contribution in [0.2, 0.25) is 5.02 Å². The van der Waals surface area contributed by atoms with E-state index >= 15 is 0 Å². The third kappa shape index (κ3) is 4.78. The number of nitrogens with zero attached hydrogens (tertiary/aromatic N) is 3. The number of para-hydroxylation sites is 1. The Hall–Kier alpha value is -3.68. The van der Waals surface area contributed by atoms with Crippen molar-refractivity contribution in [1.29, 1.82) is 5.26 Å². The van der Waals surface area contributed by atoms with E-state index in [4.69, 9.17) is 16.3 Å². The fraction of sp³-hybridized carbons (Fsp3) is 0.379. The van der Waals surface area contributed by atoms with Crippen LogP contribution in [-0.2, 0) is 26.3 Å². The first-order chi connectivity index (χ1) is 19.1. The van der Waals surface area contributed by atoms with Crippen LogP contribution in [0.25, 0.3) is 10.1 Å². The third-order valence-corrected chi connectivity index (χ3v) is 9.31. The van der Waals surface area contributed by atoms with E-state index in [1.165, 1.54) is 40.3 Å². The minimum absolute atomic E-state index is 0.0400. The Balaban J connectivity index is 1.35. The van der Waals surface area contributed by atoms with E-state index in [0.29, 0.717) is 32.1 Å². The molecule has 1 N–H and O–H groups in total. The van der Waals surface area contributed by atoms with Gasteiger partial charge in [-0.15, -0.1) is 11.3 Å². The summed E-state index contributed by atoms with van der Waals surface area (Å²) in [5.74, 6) is -0.993. The van der Waals surface area contributed by atoms with Gasteiger partial charge in [-0.3, -0.25) is 14.5 Å². The Morgan fingerprint density at radius 3 is 2.80 bits per heavy atom. The summed E-state index contributed by atoms with van der Waals surface area (Å²) >= 11 is 7.67. The molecule has 0 aliphatic carbocycles. The molecule has 1 aromatic heterocycles. The Kier molecular flexibility index (Phi) is 7.46. The summed E-state index contributed by atoms with van der Waals surface area (Å²) in [6.07, 6.45) is -0.228.